The quantitative estimate of drug-likeness (QED) is 0.599. The SMILES string of the molecule is CCCCCCCOc1ccc2c(c1)CCCNC2=S. The van der Waals surface area contributed by atoms with E-state index in [9.17, 15) is 0 Å². The molecule has 3 heteroatoms. The van der Waals surface area contributed by atoms with E-state index in [0.717, 1.165) is 43.2 Å². The molecule has 0 saturated carbocycles. The van der Waals surface area contributed by atoms with Gasteiger partial charge in [0.15, 0.2) is 0 Å². The molecule has 1 aliphatic heterocycles. The lowest BCUT2D eigenvalue weighted by molar-refractivity contribution is 0.304. The predicted molar refractivity (Wildman–Crippen MR) is 88.7 cm³/mol. The summed E-state index contributed by atoms with van der Waals surface area (Å²) in [5, 5.41) is 3.28. The van der Waals surface area contributed by atoms with Gasteiger partial charge in [0.2, 0.25) is 0 Å². The van der Waals surface area contributed by atoms with E-state index in [4.69, 9.17) is 17.0 Å². The number of unbranched alkanes of at least 4 members (excludes halogenated alkanes) is 4. The highest BCUT2D eigenvalue weighted by Crippen LogP contribution is 2.21. The first-order chi connectivity index (χ1) is 9.81. The van der Waals surface area contributed by atoms with Gasteiger partial charge in [-0.1, -0.05) is 44.8 Å². The van der Waals surface area contributed by atoms with Gasteiger partial charge in [0.05, 0.1) is 6.61 Å². The molecular weight excluding hydrogens is 266 g/mol. The van der Waals surface area contributed by atoms with Gasteiger partial charge in [-0.3, -0.25) is 0 Å². The number of hydrogen-bond acceptors (Lipinski definition) is 2. The topological polar surface area (TPSA) is 21.3 Å². The highest BCUT2D eigenvalue weighted by atomic mass is 32.1. The van der Waals surface area contributed by atoms with Crippen molar-refractivity contribution in [3.8, 4) is 5.75 Å². The van der Waals surface area contributed by atoms with E-state index in [0.29, 0.717) is 0 Å². The number of fused-ring (bicyclic) bond motifs is 1. The first-order valence-corrected chi connectivity index (χ1v) is 8.26. The molecule has 2 rings (SSSR count). The third-order valence-corrected chi connectivity index (χ3v) is 4.11. The van der Waals surface area contributed by atoms with Crippen molar-refractivity contribution in [3.05, 3.63) is 29.3 Å². The summed E-state index contributed by atoms with van der Waals surface area (Å²) in [7, 11) is 0. The van der Waals surface area contributed by atoms with Crippen LogP contribution in [0.1, 0.15) is 56.6 Å². The van der Waals surface area contributed by atoms with Crippen molar-refractivity contribution < 1.29 is 4.74 Å². The van der Waals surface area contributed by atoms with Crippen molar-refractivity contribution in [1.82, 2.24) is 5.32 Å². The van der Waals surface area contributed by atoms with Gasteiger partial charge in [-0.2, -0.15) is 0 Å². The van der Waals surface area contributed by atoms with Crippen LogP contribution in [0.2, 0.25) is 0 Å². The van der Waals surface area contributed by atoms with Gasteiger partial charge >= 0.3 is 0 Å². The van der Waals surface area contributed by atoms with E-state index in [1.165, 1.54) is 36.8 Å². The molecule has 0 amide bonds. The van der Waals surface area contributed by atoms with Crippen LogP contribution in [-0.2, 0) is 6.42 Å². The molecule has 0 aliphatic carbocycles. The molecule has 0 atom stereocenters. The maximum atomic E-state index is 5.86. The van der Waals surface area contributed by atoms with Crippen molar-refractivity contribution in [2.45, 2.75) is 51.9 Å². The fraction of sp³-hybridized carbons (Fsp3) is 0.588. The van der Waals surface area contributed by atoms with Crippen molar-refractivity contribution in [3.63, 3.8) is 0 Å². The van der Waals surface area contributed by atoms with E-state index >= 15 is 0 Å². The van der Waals surface area contributed by atoms with Crippen LogP contribution in [0.4, 0.5) is 0 Å². The molecule has 0 fully saturated rings. The smallest absolute Gasteiger partial charge is 0.119 e. The Morgan fingerprint density at radius 2 is 2.05 bits per heavy atom. The summed E-state index contributed by atoms with van der Waals surface area (Å²) in [6, 6.07) is 6.31. The zero-order valence-corrected chi connectivity index (χ0v) is 13.2. The Labute approximate surface area is 127 Å². The largest absolute Gasteiger partial charge is 0.494 e. The summed E-state index contributed by atoms with van der Waals surface area (Å²) in [5.41, 5.74) is 2.50. The maximum absolute atomic E-state index is 5.86. The van der Waals surface area contributed by atoms with Gasteiger partial charge in [0.25, 0.3) is 0 Å². The van der Waals surface area contributed by atoms with Crippen LogP contribution in [-0.4, -0.2) is 18.1 Å². The molecule has 0 spiro atoms. The van der Waals surface area contributed by atoms with Crippen LogP contribution in [0.15, 0.2) is 18.2 Å². The summed E-state index contributed by atoms with van der Waals surface area (Å²) in [4.78, 5) is 0.878. The number of benzene rings is 1. The molecule has 1 aliphatic rings. The normalized spacial score (nSPS) is 14.3. The van der Waals surface area contributed by atoms with Gasteiger partial charge in [-0.05, 0) is 43.0 Å². The number of rotatable bonds is 7. The number of aryl methyl sites for hydroxylation is 1. The monoisotopic (exact) mass is 291 g/mol. The van der Waals surface area contributed by atoms with Crippen molar-refractivity contribution in [1.29, 1.82) is 0 Å². The second-order valence-electron chi connectivity index (χ2n) is 5.44. The van der Waals surface area contributed by atoms with Gasteiger partial charge in [-0.15, -0.1) is 0 Å². The lowest BCUT2D eigenvalue weighted by Crippen LogP contribution is -2.21. The minimum atomic E-state index is 0.825. The molecule has 0 saturated heterocycles. The molecule has 1 heterocycles. The van der Waals surface area contributed by atoms with Crippen molar-refractivity contribution in [2.24, 2.45) is 0 Å². The third-order valence-electron chi connectivity index (χ3n) is 3.75. The summed E-state index contributed by atoms with van der Waals surface area (Å²) in [6.45, 7) is 4.04. The number of thiocarbonyl (C=S) groups is 1. The summed E-state index contributed by atoms with van der Waals surface area (Å²) >= 11 is 5.39. The van der Waals surface area contributed by atoms with Crippen LogP contribution in [0.25, 0.3) is 0 Å². The molecule has 0 unspecified atom stereocenters. The summed E-state index contributed by atoms with van der Waals surface area (Å²) < 4.78 is 5.86. The Morgan fingerprint density at radius 1 is 1.20 bits per heavy atom. The molecule has 20 heavy (non-hydrogen) atoms. The molecule has 0 aromatic heterocycles. The van der Waals surface area contributed by atoms with Crippen LogP contribution in [0.3, 0.4) is 0 Å². The van der Waals surface area contributed by atoms with E-state index in [1.807, 2.05) is 6.07 Å². The molecule has 110 valence electrons. The maximum Gasteiger partial charge on any atom is 0.119 e. The van der Waals surface area contributed by atoms with Crippen LogP contribution < -0.4 is 10.1 Å². The Bertz CT molecular complexity index is 445. The zero-order chi connectivity index (χ0) is 14.2. The van der Waals surface area contributed by atoms with E-state index < -0.39 is 0 Å². The fourth-order valence-corrected chi connectivity index (χ4v) is 2.86. The minimum Gasteiger partial charge on any atom is -0.494 e. The first kappa shape index (κ1) is 15.3. The molecule has 0 bridgehead atoms. The standard InChI is InChI=1S/C17H25NOS/c1-2-3-4-5-6-12-19-15-9-10-16-14(13-15)8-7-11-18-17(16)20/h9-10,13H,2-8,11-12H2,1H3,(H,18,20). The third kappa shape index (κ3) is 4.48. The number of ether oxygens (including phenoxy) is 1. The van der Waals surface area contributed by atoms with E-state index in [2.05, 4.69) is 24.4 Å². The van der Waals surface area contributed by atoms with E-state index in [1.54, 1.807) is 0 Å². The van der Waals surface area contributed by atoms with Crippen molar-refractivity contribution in [2.75, 3.05) is 13.2 Å². The fourth-order valence-electron chi connectivity index (χ4n) is 2.56. The minimum absolute atomic E-state index is 0.825. The summed E-state index contributed by atoms with van der Waals surface area (Å²) in [6.07, 6.45) is 8.58. The Kier molecular flexibility index (Phi) is 6.31. The van der Waals surface area contributed by atoms with E-state index in [-0.39, 0.29) is 0 Å². The van der Waals surface area contributed by atoms with Crippen molar-refractivity contribution >= 4 is 17.2 Å². The highest BCUT2D eigenvalue weighted by molar-refractivity contribution is 7.80. The molecule has 1 aromatic carbocycles. The lowest BCUT2D eigenvalue weighted by Gasteiger charge is -2.11. The Hall–Kier alpha value is -1.09. The van der Waals surface area contributed by atoms with Crippen LogP contribution in [0, 0.1) is 0 Å². The van der Waals surface area contributed by atoms with Gasteiger partial charge < -0.3 is 10.1 Å². The number of nitrogens with one attached hydrogen (secondary N) is 1. The predicted octanol–water partition coefficient (Wildman–Crippen LogP) is 4.25. The first-order valence-electron chi connectivity index (χ1n) is 7.85. The lowest BCUT2D eigenvalue weighted by atomic mass is 10.0. The Morgan fingerprint density at radius 3 is 2.90 bits per heavy atom. The Balaban J connectivity index is 1.84. The molecule has 1 aromatic rings. The van der Waals surface area contributed by atoms with Gasteiger partial charge in [0.1, 0.15) is 10.7 Å². The molecular formula is C17H25NOS. The zero-order valence-electron chi connectivity index (χ0n) is 12.4. The molecule has 0 radical (unpaired) electrons. The van der Waals surface area contributed by atoms with Crippen LogP contribution >= 0.6 is 12.2 Å². The van der Waals surface area contributed by atoms with Crippen LogP contribution in [0.5, 0.6) is 5.75 Å². The molecule has 2 nitrogen and oxygen atoms in total. The number of hydrogen-bond donors (Lipinski definition) is 1. The summed E-state index contributed by atoms with van der Waals surface area (Å²) in [5.74, 6) is 0.990. The average Bonchev–Trinajstić information content (AvgIpc) is 2.64. The molecule has 1 N–H and O–H groups in total. The second-order valence-corrected chi connectivity index (χ2v) is 5.85. The van der Waals surface area contributed by atoms with Gasteiger partial charge in [0, 0.05) is 12.1 Å². The second kappa shape index (κ2) is 8.25. The average molecular weight is 291 g/mol. The van der Waals surface area contributed by atoms with Gasteiger partial charge in [-0.25, -0.2) is 0 Å². The highest BCUT2D eigenvalue weighted by Gasteiger charge is 2.12.